The lowest BCUT2D eigenvalue weighted by atomic mass is 9.99. The van der Waals surface area contributed by atoms with Gasteiger partial charge in [-0.3, -0.25) is 15.5 Å². The zero-order valence-electron chi connectivity index (χ0n) is 19.1. The number of ether oxygens (including phenoxy) is 1. The second kappa shape index (κ2) is 11.7. The largest absolute Gasteiger partial charge is 0.490 e. The predicted molar refractivity (Wildman–Crippen MR) is 141 cm³/mol. The molecule has 35 heavy (non-hydrogen) atoms. The molecule has 2 aliphatic heterocycles. The minimum atomic E-state index is -3.77. The molecule has 1 saturated heterocycles. The summed E-state index contributed by atoms with van der Waals surface area (Å²) in [5.41, 5.74) is 13.7. The van der Waals surface area contributed by atoms with Crippen molar-refractivity contribution in [3.63, 3.8) is 0 Å². The molecule has 13 heteroatoms. The van der Waals surface area contributed by atoms with Gasteiger partial charge in [-0.2, -0.15) is 0 Å². The first-order chi connectivity index (χ1) is 15.7. The van der Waals surface area contributed by atoms with Crippen LogP contribution in [0, 0.1) is 10.8 Å². The number of piperidine rings is 1. The molecule has 4 rings (SSSR count). The quantitative estimate of drug-likeness (QED) is 0.285. The van der Waals surface area contributed by atoms with E-state index in [1.165, 1.54) is 12.1 Å². The molecular formula is C22H31Cl2N7O3S. The van der Waals surface area contributed by atoms with Gasteiger partial charge in [0.25, 0.3) is 10.0 Å². The Bertz CT molecular complexity index is 1150. The Morgan fingerprint density at radius 1 is 0.914 bits per heavy atom. The van der Waals surface area contributed by atoms with Crippen LogP contribution >= 0.6 is 24.8 Å². The lowest BCUT2D eigenvalue weighted by Gasteiger charge is -2.32. The normalized spacial score (nSPS) is 15.8. The maximum atomic E-state index is 12.9. The van der Waals surface area contributed by atoms with Crippen molar-refractivity contribution in [1.82, 2.24) is 9.80 Å². The maximum absolute atomic E-state index is 12.9. The first-order valence-corrected chi connectivity index (χ1v) is 12.3. The summed E-state index contributed by atoms with van der Waals surface area (Å²) in [6.07, 6.45) is 2.27. The standard InChI is InChI=1S/C22H29N7O3S.2ClH/c23-21(24)28-11-8-19(9-12-28)32-18-3-5-20(6-4-18)33(30,31)27-17-2-1-15-7-10-29(22(25)26)14-16(15)13-17;;/h1-6,13,19,27H,7-12,14H2,(H3,23,24)(H3,25,26);2*1H. The molecule has 0 spiro atoms. The fraction of sp³-hybridized carbons (Fsp3) is 0.364. The molecule has 0 aromatic heterocycles. The second-order valence-corrected chi connectivity index (χ2v) is 9.99. The number of sulfonamides is 1. The van der Waals surface area contributed by atoms with Crippen LogP contribution in [0.3, 0.4) is 0 Å². The van der Waals surface area contributed by atoms with Crippen LogP contribution in [-0.2, 0) is 23.0 Å². The van der Waals surface area contributed by atoms with Crippen molar-refractivity contribution in [2.45, 2.75) is 36.8 Å². The molecule has 0 aliphatic carbocycles. The van der Waals surface area contributed by atoms with Crippen LogP contribution in [0.4, 0.5) is 5.69 Å². The number of guanidine groups is 2. The van der Waals surface area contributed by atoms with Crippen molar-refractivity contribution < 1.29 is 13.2 Å². The van der Waals surface area contributed by atoms with E-state index in [9.17, 15) is 8.42 Å². The number of rotatable bonds is 5. The number of halogens is 2. The summed E-state index contributed by atoms with van der Waals surface area (Å²) in [4.78, 5) is 3.70. The van der Waals surface area contributed by atoms with Gasteiger partial charge < -0.3 is 26.0 Å². The van der Waals surface area contributed by atoms with Gasteiger partial charge in [0.1, 0.15) is 11.9 Å². The summed E-state index contributed by atoms with van der Waals surface area (Å²) < 4.78 is 34.4. The molecule has 0 atom stereocenters. The van der Waals surface area contributed by atoms with Gasteiger partial charge in [-0.1, -0.05) is 6.07 Å². The lowest BCUT2D eigenvalue weighted by Crippen LogP contribution is -2.44. The van der Waals surface area contributed by atoms with E-state index in [4.69, 9.17) is 27.0 Å². The van der Waals surface area contributed by atoms with E-state index in [0.29, 0.717) is 37.6 Å². The third-order valence-electron chi connectivity index (χ3n) is 6.03. The molecule has 7 N–H and O–H groups in total. The minimum Gasteiger partial charge on any atom is -0.490 e. The highest BCUT2D eigenvalue weighted by atomic mass is 35.5. The fourth-order valence-corrected chi connectivity index (χ4v) is 5.19. The molecule has 2 aromatic rings. The summed E-state index contributed by atoms with van der Waals surface area (Å²) in [6.45, 7) is 2.50. The molecule has 1 fully saturated rings. The van der Waals surface area contributed by atoms with Gasteiger partial charge in [-0.25, -0.2) is 8.42 Å². The Hall–Kier alpha value is -2.89. The lowest BCUT2D eigenvalue weighted by molar-refractivity contribution is 0.130. The van der Waals surface area contributed by atoms with Gasteiger partial charge >= 0.3 is 0 Å². The molecule has 10 nitrogen and oxygen atoms in total. The van der Waals surface area contributed by atoms with Gasteiger partial charge in [0.05, 0.1) is 4.90 Å². The number of nitrogens with one attached hydrogen (secondary N) is 3. The number of fused-ring (bicyclic) bond motifs is 1. The molecule has 0 radical (unpaired) electrons. The van der Waals surface area contributed by atoms with Gasteiger partial charge in [-0.15, -0.1) is 24.8 Å². The number of nitrogens with zero attached hydrogens (tertiary/aromatic N) is 2. The van der Waals surface area contributed by atoms with Crippen LogP contribution in [0.15, 0.2) is 47.4 Å². The summed E-state index contributed by atoms with van der Waals surface area (Å²) >= 11 is 0. The van der Waals surface area contributed by atoms with Crippen LogP contribution in [0.25, 0.3) is 0 Å². The number of anilines is 1. The highest BCUT2D eigenvalue weighted by molar-refractivity contribution is 7.92. The summed E-state index contributed by atoms with van der Waals surface area (Å²) in [5, 5.41) is 15.1. The average molecular weight is 545 g/mol. The van der Waals surface area contributed by atoms with E-state index in [1.54, 1.807) is 34.1 Å². The topological polar surface area (TPSA) is 162 Å². The molecule has 0 bridgehead atoms. The van der Waals surface area contributed by atoms with Crippen molar-refractivity contribution >= 4 is 52.4 Å². The number of nitrogens with two attached hydrogens (primary N) is 2. The van der Waals surface area contributed by atoms with Crippen LogP contribution < -0.4 is 20.9 Å². The smallest absolute Gasteiger partial charge is 0.261 e. The monoisotopic (exact) mass is 543 g/mol. The SMILES string of the molecule is Cl.Cl.N=C(N)N1CCC(Oc2ccc(S(=O)(=O)Nc3ccc4c(c3)CN(C(=N)N)CC4)cc2)CC1. The van der Waals surface area contributed by atoms with Crippen LogP contribution in [0.1, 0.15) is 24.0 Å². The highest BCUT2D eigenvalue weighted by Gasteiger charge is 2.22. The first-order valence-electron chi connectivity index (χ1n) is 10.8. The van der Waals surface area contributed by atoms with Gasteiger partial charge in [-0.05, 0) is 53.9 Å². The first kappa shape index (κ1) is 28.3. The van der Waals surface area contributed by atoms with E-state index >= 15 is 0 Å². The van der Waals surface area contributed by atoms with E-state index in [-0.39, 0.29) is 47.7 Å². The Morgan fingerprint density at radius 3 is 2.14 bits per heavy atom. The van der Waals surface area contributed by atoms with Crippen molar-refractivity contribution in [1.29, 1.82) is 10.8 Å². The van der Waals surface area contributed by atoms with Crippen LogP contribution in [0.5, 0.6) is 5.75 Å². The zero-order chi connectivity index (χ0) is 23.6. The van der Waals surface area contributed by atoms with E-state index in [1.807, 2.05) is 6.07 Å². The minimum absolute atomic E-state index is 0. The molecule has 0 unspecified atom stereocenters. The van der Waals surface area contributed by atoms with E-state index in [0.717, 1.165) is 30.4 Å². The third-order valence-corrected chi connectivity index (χ3v) is 7.43. The fourth-order valence-electron chi connectivity index (χ4n) is 4.14. The third kappa shape index (κ3) is 6.83. The van der Waals surface area contributed by atoms with Crippen molar-refractivity contribution in [3.05, 3.63) is 53.6 Å². The Kier molecular flexibility index (Phi) is 9.47. The van der Waals surface area contributed by atoms with Crippen molar-refractivity contribution in [2.24, 2.45) is 11.5 Å². The van der Waals surface area contributed by atoms with Gasteiger partial charge in [0.2, 0.25) is 0 Å². The van der Waals surface area contributed by atoms with Gasteiger partial charge in [0, 0.05) is 44.7 Å². The molecule has 2 heterocycles. The summed E-state index contributed by atoms with van der Waals surface area (Å²) in [7, 11) is -3.77. The summed E-state index contributed by atoms with van der Waals surface area (Å²) in [5.74, 6) is 0.692. The molecule has 0 amide bonds. The van der Waals surface area contributed by atoms with Crippen LogP contribution in [0.2, 0.25) is 0 Å². The Morgan fingerprint density at radius 2 is 1.54 bits per heavy atom. The zero-order valence-corrected chi connectivity index (χ0v) is 21.5. The predicted octanol–water partition coefficient (Wildman–Crippen LogP) is 2.32. The Labute approximate surface area is 217 Å². The van der Waals surface area contributed by atoms with Crippen LogP contribution in [-0.4, -0.2) is 55.9 Å². The number of hydrogen-bond donors (Lipinski definition) is 5. The number of likely N-dealkylation sites (tertiary alicyclic amines) is 1. The second-order valence-electron chi connectivity index (χ2n) is 8.31. The Balaban J connectivity index is 0.00000216. The van der Waals surface area contributed by atoms with Crippen molar-refractivity contribution in [2.75, 3.05) is 24.4 Å². The molecule has 2 aromatic carbocycles. The van der Waals surface area contributed by atoms with Gasteiger partial charge in [0.15, 0.2) is 11.9 Å². The number of hydrogen-bond acceptors (Lipinski definition) is 5. The molecule has 2 aliphatic rings. The maximum Gasteiger partial charge on any atom is 0.261 e. The van der Waals surface area contributed by atoms with Crippen molar-refractivity contribution in [3.8, 4) is 5.75 Å². The van der Waals surface area contributed by atoms with E-state index < -0.39 is 10.0 Å². The molecular weight excluding hydrogens is 513 g/mol. The van der Waals surface area contributed by atoms with E-state index in [2.05, 4.69) is 4.72 Å². The summed E-state index contributed by atoms with van der Waals surface area (Å²) in [6, 6.07) is 11.8. The average Bonchev–Trinajstić information content (AvgIpc) is 2.79. The highest BCUT2D eigenvalue weighted by Crippen LogP contribution is 2.26. The number of benzene rings is 2. The molecule has 0 saturated carbocycles. The molecule has 192 valence electrons.